The Bertz CT molecular complexity index is 932. The number of rotatable bonds is 6. The van der Waals surface area contributed by atoms with Gasteiger partial charge in [0.25, 0.3) is 17.3 Å². The van der Waals surface area contributed by atoms with Gasteiger partial charge in [0.1, 0.15) is 5.56 Å². The Morgan fingerprint density at radius 2 is 1.78 bits per heavy atom. The fraction of sp³-hybridized carbons (Fsp3) is 0.125. The molecule has 11 heteroatoms. The van der Waals surface area contributed by atoms with Crippen LogP contribution in [-0.2, 0) is 9.53 Å². The standard InChI is InChI=1S/C16H12ClN3O7/c1-9(27-16(22)11-4-2-3-5-14(11)20(25)26)15(21)18-13-7-6-10(19(23)24)8-12(13)17/h2-9H,1H3,(H,18,21). The molecule has 0 fully saturated rings. The summed E-state index contributed by atoms with van der Waals surface area (Å²) in [6.45, 7) is 1.27. The van der Waals surface area contributed by atoms with Crippen LogP contribution in [0.15, 0.2) is 42.5 Å². The van der Waals surface area contributed by atoms with Gasteiger partial charge in [-0.3, -0.25) is 25.0 Å². The second-order valence-electron chi connectivity index (χ2n) is 5.23. The summed E-state index contributed by atoms with van der Waals surface area (Å²) in [5.41, 5.74) is -0.918. The van der Waals surface area contributed by atoms with Crippen molar-refractivity contribution in [2.75, 3.05) is 5.32 Å². The van der Waals surface area contributed by atoms with Crippen LogP contribution in [0.3, 0.4) is 0 Å². The predicted octanol–water partition coefficient (Wildman–Crippen LogP) is 3.34. The van der Waals surface area contributed by atoms with E-state index in [1.807, 2.05) is 0 Å². The summed E-state index contributed by atoms with van der Waals surface area (Å²) in [4.78, 5) is 44.5. The van der Waals surface area contributed by atoms with Crippen molar-refractivity contribution in [3.8, 4) is 0 Å². The van der Waals surface area contributed by atoms with Gasteiger partial charge in [0, 0.05) is 18.2 Å². The van der Waals surface area contributed by atoms with Gasteiger partial charge in [-0.2, -0.15) is 0 Å². The van der Waals surface area contributed by atoms with Crippen LogP contribution in [0.4, 0.5) is 17.1 Å². The number of carbonyl (C=O) groups is 2. The van der Waals surface area contributed by atoms with E-state index in [0.717, 1.165) is 18.2 Å². The van der Waals surface area contributed by atoms with Crippen molar-refractivity contribution < 1.29 is 24.2 Å². The smallest absolute Gasteiger partial charge is 0.345 e. The van der Waals surface area contributed by atoms with E-state index in [1.165, 1.54) is 31.2 Å². The number of carbonyl (C=O) groups excluding carboxylic acids is 2. The minimum Gasteiger partial charge on any atom is -0.449 e. The molecular formula is C16H12ClN3O7. The Kier molecular flexibility index (Phi) is 6.03. The molecule has 0 saturated carbocycles. The van der Waals surface area contributed by atoms with Crippen LogP contribution in [0.1, 0.15) is 17.3 Å². The highest BCUT2D eigenvalue weighted by molar-refractivity contribution is 6.34. The van der Waals surface area contributed by atoms with E-state index in [9.17, 15) is 29.8 Å². The van der Waals surface area contributed by atoms with E-state index in [0.29, 0.717) is 0 Å². The number of halogens is 1. The molecule has 1 N–H and O–H groups in total. The number of hydrogen-bond acceptors (Lipinski definition) is 7. The first-order chi connectivity index (χ1) is 12.7. The van der Waals surface area contributed by atoms with E-state index in [4.69, 9.17) is 16.3 Å². The SMILES string of the molecule is CC(OC(=O)c1ccccc1[N+](=O)[O-])C(=O)Nc1ccc([N+](=O)[O-])cc1Cl. The van der Waals surface area contributed by atoms with Gasteiger partial charge in [-0.05, 0) is 19.1 Å². The summed E-state index contributed by atoms with van der Waals surface area (Å²) >= 11 is 5.88. The lowest BCUT2D eigenvalue weighted by molar-refractivity contribution is -0.385. The Morgan fingerprint density at radius 3 is 2.37 bits per heavy atom. The predicted molar refractivity (Wildman–Crippen MR) is 94.7 cm³/mol. The van der Waals surface area contributed by atoms with Crippen molar-refractivity contribution in [3.05, 3.63) is 73.3 Å². The van der Waals surface area contributed by atoms with Gasteiger partial charge in [0.15, 0.2) is 6.10 Å². The second kappa shape index (κ2) is 8.23. The minimum atomic E-state index is -1.30. The van der Waals surface area contributed by atoms with Crippen molar-refractivity contribution >= 4 is 40.5 Å². The molecule has 27 heavy (non-hydrogen) atoms. The molecule has 0 aromatic heterocycles. The van der Waals surface area contributed by atoms with Crippen LogP contribution in [-0.4, -0.2) is 27.8 Å². The van der Waals surface area contributed by atoms with Crippen molar-refractivity contribution in [1.29, 1.82) is 0 Å². The second-order valence-corrected chi connectivity index (χ2v) is 5.64. The van der Waals surface area contributed by atoms with Gasteiger partial charge in [0.05, 0.1) is 20.6 Å². The van der Waals surface area contributed by atoms with E-state index in [2.05, 4.69) is 5.32 Å². The van der Waals surface area contributed by atoms with Crippen molar-refractivity contribution in [2.45, 2.75) is 13.0 Å². The normalized spacial score (nSPS) is 11.3. The summed E-state index contributed by atoms with van der Waals surface area (Å²) < 4.78 is 4.96. The van der Waals surface area contributed by atoms with Crippen molar-refractivity contribution in [3.63, 3.8) is 0 Å². The number of hydrogen-bond donors (Lipinski definition) is 1. The Hall–Kier alpha value is -3.53. The summed E-state index contributed by atoms with van der Waals surface area (Å²) in [6, 6.07) is 8.59. The monoisotopic (exact) mass is 393 g/mol. The highest BCUT2D eigenvalue weighted by atomic mass is 35.5. The summed E-state index contributed by atoms with van der Waals surface area (Å²) in [7, 11) is 0. The third-order valence-electron chi connectivity index (χ3n) is 3.40. The topological polar surface area (TPSA) is 142 Å². The molecule has 2 rings (SSSR count). The number of para-hydroxylation sites is 1. The van der Waals surface area contributed by atoms with Crippen LogP contribution in [0.2, 0.25) is 5.02 Å². The zero-order valence-corrected chi connectivity index (χ0v) is 14.5. The third-order valence-corrected chi connectivity index (χ3v) is 3.71. The van der Waals surface area contributed by atoms with Crippen LogP contribution in [0.25, 0.3) is 0 Å². The molecule has 0 aliphatic carbocycles. The van der Waals surface area contributed by atoms with Crippen molar-refractivity contribution in [1.82, 2.24) is 0 Å². The van der Waals surface area contributed by atoms with Gasteiger partial charge >= 0.3 is 5.97 Å². The Balaban J connectivity index is 2.09. The highest BCUT2D eigenvalue weighted by Gasteiger charge is 2.25. The van der Waals surface area contributed by atoms with Crippen LogP contribution < -0.4 is 5.32 Å². The molecule has 0 heterocycles. The number of non-ortho nitro benzene ring substituents is 1. The number of nitro benzene ring substituents is 2. The van der Waals surface area contributed by atoms with Crippen molar-refractivity contribution in [2.24, 2.45) is 0 Å². The first kappa shape index (κ1) is 19.8. The molecule has 1 unspecified atom stereocenters. The number of esters is 1. The number of nitrogens with zero attached hydrogens (tertiary/aromatic N) is 2. The number of anilines is 1. The molecule has 2 aromatic rings. The number of ether oxygens (including phenoxy) is 1. The van der Waals surface area contributed by atoms with E-state index >= 15 is 0 Å². The first-order valence-corrected chi connectivity index (χ1v) is 7.77. The lowest BCUT2D eigenvalue weighted by atomic mass is 10.2. The van der Waals surface area contributed by atoms with Gasteiger partial charge < -0.3 is 10.1 Å². The summed E-state index contributed by atoms with van der Waals surface area (Å²) in [5, 5.41) is 23.9. The summed E-state index contributed by atoms with van der Waals surface area (Å²) in [6.07, 6.45) is -1.30. The van der Waals surface area contributed by atoms with Gasteiger partial charge in [-0.25, -0.2) is 4.79 Å². The fourth-order valence-corrected chi connectivity index (χ4v) is 2.26. The summed E-state index contributed by atoms with van der Waals surface area (Å²) in [5.74, 6) is -1.81. The quantitative estimate of drug-likeness (QED) is 0.450. The van der Waals surface area contributed by atoms with E-state index < -0.39 is 33.5 Å². The number of nitrogens with one attached hydrogen (secondary N) is 1. The first-order valence-electron chi connectivity index (χ1n) is 7.40. The van der Waals surface area contributed by atoms with Gasteiger partial charge in [-0.15, -0.1) is 0 Å². The maximum Gasteiger partial charge on any atom is 0.345 e. The molecule has 2 aromatic carbocycles. The molecule has 0 aliphatic rings. The number of benzene rings is 2. The maximum atomic E-state index is 12.2. The van der Waals surface area contributed by atoms with Gasteiger partial charge in [-0.1, -0.05) is 23.7 Å². The third kappa shape index (κ3) is 4.76. The lowest BCUT2D eigenvalue weighted by Crippen LogP contribution is -2.30. The zero-order chi connectivity index (χ0) is 20.1. The minimum absolute atomic E-state index is 0.0743. The molecule has 140 valence electrons. The Labute approximate surface area is 157 Å². The molecule has 0 aliphatic heterocycles. The number of amides is 1. The van der Waals surface area contributed by atoms with E-state index in [-0.39, 0.29) is 22.0 Å². The zero-order valence-electron chi connectivity index (χ0n) is 13.7. The van der Waals surface area contributed by atoms with Crippen LogP contribution in [0.5, 0.6) is 0 Å². The molecular weight excluding hydrogens is 382 g/mol. The highest BCUT2D eigenvalue weighted by Crippen LogP contribution is 2.27. The van der Waals surface area contributed by atoms with Crippen LogP contribution >= 0.6 is 11.6 Å². The fourth-order valence-electron chi connectivity index (χ4n) is 2.04. The maximum absolute atomic E-state index is 12.2. The molecule has 0 bridgehead atoms. The molecule has 0 spiro atoms. The van der Waals surface area contributed by atoms with Gasteiger partial charge in [0.2, 0.25) is 0 Å². The molecule has 0 saturated heterocycles. The molecule has 0 radical (unpaired) electrons. The van der Waals surface area contributed by atoms with Crippen LogP contribution in [0, 0.1) is 20.2 Å². The number of nitro groups is 2. The molecule has 1 amide bonds. The average Bonchev–Trinajstić information content (AvgIpc) is 2.62. The largest absolute Gasteiger partial charge is 0.449 e. The molecule has 1 atom stereocenters. The lowest BCUT2D eigenvalue weighted by Gasteiger charge is -2.14. The van der Waals surface area contributed by atoms with E-state index in [1.54, 1.807) is 0 Å². The Morgan fingerprint density at radius 1 is 1.11 bits per heavy atom. The molecule has 10 nitrogen and oxygen atoms in total. The average molecular weight is 394 g/mol.